The van der Waals surface area contributed by atoms with E-state index in [1.165, 1.54) is 42.2 Å². The molecule has 0 spiro atoms. The van der Waals surface area contributed by atoms with Crippen LogP contribution in [0.2, 0.25) is 0 Å². The Morgan fingerprint density at radius 3 is 1.35 bits per heavy atom. The van der Waals surface area contributed by atoms with Crippen LogP contribution < -0.4 is 25.3 Å². The molecule has 2 aromatic heterocycles. The number of aromatic nitrogens is 4. The number of ether oxygens (including phenoxy) is 4. The summed E-state index contributed by atoms with van der Waals surface area (Å²) in [7, 11) is 2.46. The first-order valence-electron chi connectivity index (χ1n) is 29.2. The normalized spacial score (nSPS) is 22.4. The maximum atomic E-state index is 17.1. The number of hydrogen-bond donors (Lipinski definition) is 4. The molecule has 0 unspecified atom stereocenters. The molecule has 85 heavy (non-hydrogen) atoms. The molecule has 12 rings (SSSR count). The highest BCUT2D eigenvalue weighted by atomic mass is 19.2. The van der Waals surface area contributed by atoms with Gasteiger partial charge in [-0.2, -0.15) is 0 Å². The lowest BCUT2D eigenvalue weighted by Gasteiger charge is -2.38. The van der Waals surface area contributed by atoms with Gasteiger partial charge >= 0.3 is 12.2 Å². The average molecular weight is 1180 g/mol. The summed E-state index contributed by atoms with van der Waals surface area (Å²) in [4.78, 5) is 78.2. The van der Waals surface area contributed by atoms with Crippen LogP contribution >= 0.6 is 0 Å². The molecule has 0 radical (unpaired) electrons. The van der Waals surface area contributed by atoms with Crippen molar-refractivity contribution in [2.24, 2.45) is 11.8 Å². The maximum Gasteiger partial charge on any atom is 0.407 e. The number of H-pyrrole nitrogens is 2. The number of fused-ring (bicyclic) bond motifs is 2. The van der Waals surface area contributed by atoms with Crippen LogP contribution in [0.5, 0.6) is 0 Å². The zero-order valence-electron chi connectivity index (χ0n) is 47.1. The molecule has 0 saturated carbocycles. The van der Waals surface area contributed by atoms with Crippen molar-refractivity contribution in [2.45, 2.75) is 100 Å². The molecule has 452 valence electrons. The number of imidazole rings is 2. The van der Waals surface area contributed by atoms with Crippen molar-refractivity contribution in [1.29, 1.82) is 0 Å². The average Bonchev–Trinajstić information content (AvgIpc) is 2.62. The fraction of sp³-hybridized carbons (Fsp3) is 0.500. The molecule has 6 aliphatic heterocycles. The van der Waals surface area contributed by atoms with E-state index in [0.717, 1.165) is 24.3 Å². The van der Waals surface area contributed by atoms with E-state index >= 15 is 17.6 Å². The molecule has 0 bridgehead atoms. The summed E-state index contributed by atoms with van der Waals surface area (Å²) in [5.74, 6) is -4.99. The first-order valence-corrected chi connectivity index (χ1v) is 29.2. The van der Waals surface area contributed by atoms with Crippen molar-refractivity contribution in [3.63, 3.8) is 0 Å². The second-order valence-corrected chi connectivity index (χ2v) is 22.9. The Hall–Kier alpha value is -7.80. The number of likely N-dealkylation sites (tertiary alicyclic amines) is 2. The van der Waals surface area contributed by atoms with Crippen LogP contribution in [0.25, 0.3) is 22.1 Å². The Balaban J connectivity index is 0.873. The second kappa shape index (κ2) is 24.3. The number of halogens is 6. The molecule has 0 aliphatic carbocycles. The van der Waals surface area contributed by atoms with Gasteiger partial charge in [-0.15, -0.1) is 0 Å². The number of rotatable bonds is 13. The summed E-state index contributed by atoms with van der Waals surface area (Å²) in [6.45, 7) is 2.65. The smallest absolute Gasteiger partial charge is 0.407 e. The van der Waals surface area contributed by atoms with E-state index in [1.54, 1.807) is 26.8 Å². The van der Waals surface area contributed by atoms with Crippen molar-refractivity contribution in [3.8, 4) is 0 Å². The fourth-order valence-corrected chi connectivity index (χ4v) is 13.9. The highest BCUT2D eigenvalue weighted by Gasteiger charge is 2.44. The Bertz CT molecular complexity index is 3290. The zero-order chi connectivity index (χ0) is 59.2. The fourth-order valence-electron chi connectivity index (χ4n) is 13.9. The van der Waals surface area contributed by atoms with Crippen LogP contribution in [0.1, 0.15) is 111 Å². The lowest BCUT2D eigenvalue weighted by Crippen LogP contribution is -2.53. The number of hydrogen-bond acceptors (Lipinski definition) is 13. The number of methoxy groups -OCH3 is 2. The predicted molar refractivity (Wildman–Crippen MR) is 300 cm³/mol. The third kappa shape index (κ3) is 11.2. The summed E-state index contributed by atoms with van der Waals surface area (Å²) in [6, 6.07) is 6.78. The van der Waals surface area contributed by atoms with Gasteiger partial charge in [-0.05, 0) is 125 Å². The molecule has 4 aromatic carbocycles. The van der Waals surface area contributed by atoms with E-state index in [9.17, 15) is 28.0 Å². The molecule has 4 amide bonds. The molecule has 8 heterocycles. The molecule has 6 aromatic rings. The Labute approximate surface area is 485 Å². The first kappa shape index (κ1) is 57.6. The minimum atomic E-state index is -0.960. The second-order valence-electron chi connectivity index (χ2n) is 22.9. The highest BCUT2D eigenvalue weighted by molar-refractivity contribution is 5.88. The van der Waals surface area contributed by atoms with Crippen LogP contribution in [-0.4, -0.2) is 146 Å². The lowest BCUT2D eigenvalue weighted by atomic mass is 9.90. The quantitative estimate of drug-likeness (QED) is 0.0798. The van der Waals surface area contributed by atoms with E-state index in [0.29, 0.717) is 125 Å². The molecular formula is C60H67F6N11O8. The van der Waals surface area contributed by atoms with Gasteiger partial charge in [0.15, 0.2) is 11.6 Å². The first-order chi connectivity index (χ1) is 41.2. The van der Waals surface area contributed by atoms with Gasteiger partial charge in [0.2, 0.25) is 11.8 Å². The largest absolute Gasteiger partial charge is 0.453 e. The van der Waals surface area contributed by atoms with E-state index in [2.05, 4.69) is 20.6 Å². The van der Waals surface area contributed by atoms with Crippen LogP contribution in [0, 0.1) is 46.7 Å². The van der Waals surface area contributed by atoms with E-state index < -0.39 is 83.3 Å². The lowest BCUT2D eigenvalue weighted by molar-refractivity contribution is -0.137. The Kier molecular flexibility index (Phi) is 16.5. The number of benzene rings is 4. The van der Waals surface area contributed by atoms with Crippen molar-refractivity contribution < 1.29 is 64.5 Å². The van der Waals surface area contributed by atoms with Gasteiger partial charge in [0.05, 0.1) is 60.5 Å². The number of carbonyl (C=O) groups is 4. The zero-order valence-corrected chi connectivity index (χ0v) is 47.1. The van der Waals surface area contributed by atoms with Crippen molar-refractivity contribution >= 4 is 63.1 Å². The van der Waals surface area contributed by atoms with Crippen LogP contribution in [0.4, 0.5) is 53.0 Å². The predicted octanol–water partition coefficient (Wildman–Crippen LogP) is 9.31. The van der Waals surface area contributed by atoms with Crippen molar-refractivity contribution in [2.75, 3.05) is 94.6 Å². The molecule has 4 N–H and O–H groups in total. The van der Waals surface area contributed by atoms with Gasteiger partial charge in [0, 0.05) is 82.5 Å². The van der Waals surface area contributed by atoms with Gasteiger partial charge in [0.25, 0.3) is 0 Å². The molecule has 25 heteroatoms. The monoisotopic (exact) mass is 1180 g/mol. The van der Waals surface area contributed by atoms with Gasteiger partial charge in [-0.25, -0.2) is 45.9 Å². The standard InChI is InChI=1S/C60H67F6N11O8/c1-82-59(80)71-51(32-12-22-84-23-13-32)57(78)75-16-4-8-49(75)55-67-43-28-35(39(63)30-45(43)69-55)47-10-11-48(77(47)34-26-41(65)54(42(66)27-34)74-20-18-73(19-21-74)53-37(61)6-3-7-38(53)62)36-29-44-46(31-40(36)64)70-56(68-44)50-9-5-17-76(50)58(79)52(72-60(81)83-2)33-14-24-85-25-15-33/h3,6-7,26-33,47-52H,4-5,8-25H2,1-2H3,(H,67,69)(H,68,70)(H,71,80)(H,72,81)/t47-,48-,49+,50+,51+,52+/m1/s1. The number of para-hydroxylation sites is 1. The summed E-state index contributed by atoms with van der Waals surface area (Å²) in [5.41, 5.74) is 0.990. The van der Waals surface area contributed by atoms with Crippen LogP contribution in [0.15, 0.2) is 54.6 Å². The van der Waals surface area contributed by atoms with E-state index in [-0.39, 0.29) is 90.9 Å². The molecule has 6 fully saturated rings. The molecule has 6 atom stereocenters. The number of carbonyl (C=O) groups excluding carboxylic acids is 4. The molecular weight excluding hydrogens is 1120 g/mol. The summed E-state index contributed by atoms with van der Waals surface area (Å²) in [6.07, 6.45) is 3.44. The molecule has 6 saturated heterocycles. The van der Waals surface area contributed by atoms with Crippen LogP contribution in [0.3, 0.4) is 0 Å². The third-order valence-corrected chi connectivity index (χ3v) is 18.1. The van der Waals surface area contributed by atoms with E-state index in [1.807, 2.05) is 0 Å². The van der Waals surface area contributed by atoms with Gasteiger partial charge < -0.3 is 64.0 Å². The number of nitrogens with zero attached hydrogens (tertiary/aromatic N) is 7. The number of aromatic amines is 2. The number of alkyl carbamates (subject to hydrolysis) is 2. The van der Waals surface area contributed by atoms with Crippen molar-refractivity contribution in [3.05, 3.63) is 112 Å². The van der Waals surface area contributed by atoms with Crippen LogP contribution in [-0.2, 0) is 28.5 Å². The van der Waals surface area contributed by atoms with Gasteiger partial charge in [-0.1, -0.05) is 6.07 Å². The highest BCUT2D eigenvalue weighted by Crippen LogP contribution is 2.50. The molecule has 19 nitrogen and oxygen atoms in total. The summed E-state index contributed by atoms with van der Waals surface area (Å²) >= 11 is 0. The minimum Gasteiger partial charge on any atom is -0.453 e. The molecule has 6 aliphatic rings. The van der Waals surface area contributed by atoms with Crippen molar-refractivity contribution in [1.82, 2.24) is 40.4 Å². The third-order valence-electron chi connectivity index (χ3n) is 18.1. The Morgan fingerprint density at radius 2 is 0.941 bits per heavy atom. The van der Waals surface area contributed by atoms with Gasteiger partial charge in [-0.3, -0.25) is 9.59 Å². The SMILES string of the molecule is COC(=O)N[C@H](C(=O)N1CCC[C@H]1c1nc2cc([C@H]3CC[C@H](c4cc5nc([C@@H]6CCCN6C(=O)[C@@H](NC(=O)OC)C6CCOCC6)[nH]c5cc4F)N3c3cc(F)c(N4CCN(c5c(F)cccc5F)CC4)c(F)c3)c(F)cc2[nH]1)C1CCOCC1. The minimum absolute atomic E-state index is 0.0118. The summed E-state index contributed by atoms with van der Waals surface area (Å²) in [5, 5.41) is 5.50. The summed E-state index contributed by atoms with van der Waals surface area (Å²) < 4.78 is 119. The van der Waals surface area contributed by atoms with Gasteiger partial charge in [0.1, 0.15) is 58.4 Å². The number of piperazine rings is 1. The number of nitrogens with one attached hydrogen (secondary N) is 4. The number of anilines is 3. The maximum absolute atomic E-state index is 17.1. The number of amides is 4. The van der Waals surface area contributed by atoms with E-state index in [4.69, 9.17) is 28.9 Å². The topological polar surface area (TPSA) is 203 Å². The Morgan fingerprint density at radius 1 is 0.529 bits per heavy atom.